The molecule has 0 atom stereocenters. The summed E-state index contributed by atoms with van der Waals surface area (Å²) in [5.74, 6) is 0. The predicted molar refractivity (Wildman–Crippen MR) is 29.3 cm³/mol. The molecule has 0 saturated carbocycles. The van der Waals surface area contributed by atoms with Crippen molar-refractivity contribution in [3.05, 3.63) is 22.3 Å². The summed E-state index contributed by atoms with van der Waals surface area (Å²) in [6.07, 6.45) is 4.00. The highest BCUT2D eigenvalue weighted by atomic mass is 16.9. The first-order valence-electron chi connectivity index (χ1n) is 2.05. The molecule has 0 aromatic heterocycles. The quantitative estimate of drug-likeness (QED) is 0.296. The van der Waals surface area contributed by atoms with Crippen LogP contribution in [0.3, 0.4) is 0 Å². The fourth-order valence-electron chi connectivity index (χ4n) is 0. The van der Waals surface area contributed by atoms with E-state index in [2.05, 4.69) is 0 Å². The Morgan fingerprint density at radius 1 is 1.50 bits per heavy atom. The second kappa shape index (κ2) is 9.34. The molecule has 0 unspecified atom stereocenters. The van der Waals surface area contributed by atoms with E-state index in [1.54, 1.807) is 0 Å². The van der Waals surface area contributed by atoms with Crippen LogP contribution in [-0.4, -0.2) is 10.3 Å². The zero-order valence-electron chi connectivity index (χ0n) is 4.87. The van der Waals surface area contributed by atoms with Gasteiger partial charge in [-0.3, -0.25) is 0 Å². The zero-order chi connectivity index (χ0) is 6.99. The van der Waals surface area contributed by atoms with Crippen LogP contribution in [0.4, 0.5) is 0 Å². The number of rotatable bonds is 0. The lowest BCUT2D eigenvalue weighted by atomic mass is 10.6. The highest BCUT2D eigenvalue weighted by molar-refractivity contribution is 4.68. The van der Waals surface area contributed by atoms with Gasteiger partial charge in [-0.1, -0.05) is 12.2 Å². The van der Waals surface area contributed by atoms with Crippen LogP contribution in [0.25, 0.3) is 0 Å². The molecule has 0 fully saturated rings. The molecule has 0 heterocycles. The average Bonchev–Trinajstić information content (AvgIpc) is 1.65. The number of hydrogen-bond acceptors (Lipinski definition) is 2. The molecular weight excluding hydrogens is 110 g/mol. The van der Waals surface area contributed by atoms with Gasteiger partial charge in [-0.15, -0.1) is 10.1 Å². The third-order valence-corrected chi connectivity index (χ3v) is 0.333. The molecule has 0 rings (SSSR count). The molecule has 4 nitrogen and oxygen atoms in total. The Hall–Kier alpha value is -1.06. The van der Waals surface area contributed by atoms with E-state index in [-0.39, 0.29) is 0 Å². The highest BCUT2D eigenvalue weighted by Gasteiger charge is 1.65. The van der Waals surface area contributed by atoms with E-state index in [1.807, 2.05) is 26.0 Å². The van der Waals surface area contributed by atoms with Gasteiger partial charge in [0.05, 0.1) is 0 Å². The normalized spacial score (nSPS) is 7.75. The van der Waals surface area contributed by atoms with Crippen molar-refractivity contribution >= 4 is 0 Å². The van der Waals surface area contributed by atoms with Gasteiger partial charge in [0.2, 0.25) is 0 Å². The van der Waals surface area contributed by atoms with Crippen LogP contribution in [-0.2, 0) is 0 Å². The molecule has 0 saturated heterocycles. The molecule has 8 heavy (non-hydrogen) atoms. The van der Waals surface area contributed by atoms with Gasteiger partial charge >= 0.3 is 0 Å². The Morgan fingerprint density at radius 2 is 1.62 bits per heavy atom. The molecule has 1 N–H and O–H groups in total. The molecule has 0 amide bonds. The molecular formula is C4H9NO3. The third-order valence-electron chi connectivity index (χ3n) is 0.333. The molecule has 0 aliphatic heterocycles. The van der Waals surface area contributed by atoms with Crippen LogP contribution in [0.1, 0.15) is 13.8 Å². The monoisotopic (exact) mass is 119 g/mol. The van der Waals surface area contributed by atoms with Crippen LogP contribution in [0, 0.1) is 10.1 Å². The Morgan fingerprint density at radius 3 is 1.62 bits per heavy atom. The first-order valence-corrected chi connectivity index (χ1v) is 2.05. The molecule has 0 aromatic rings. The van der Waals surface area contributed by atoms with Crippen molar-refractivity contribution in [2.45, 2.75) is 13.8 Å². The molecule has 4 heteroatoms. The fraction of sp³-hybridized carbons (Fsp3) is 0.500. The summed E-state index contributed by atoms with van der Waals surface area (Å²) < 4.78 is 0. The predicted octanol–water partition coefficient (Wildman–Crippen LogP) is 1.23. The Kier molecular flexibility index (Phi) is 11.7. The maximum absolute atomic E-state index is 8.36. The van der Waals surface area contributed by atoms with E-state index in [1.165, 1.54) is 0 Å². The maximum atomic E-state index is 8.36. The Balaban J connectivity index is 0. The van der Waals surface area contributed by atoms with Crippen molar-refractivity contribution < 1.29 is 10.3 Å². The fourth-order valence-corrected chi connectivity index (χ4v) is 0. The topological polar surface area (TPSA) is 63.4 Å². The van der Waals surface area contributed by atoms with E-state index >= 15 is 0 Å². The van der Waals surface area contributed by atoms with Gasteiger partial charge in [0.1, 0.15) is 0 Å². The van der Waals surface area contributed by atoms with Crippen molar-refractivity contribution in [1.29, 1.82) is 0 Å². The average molecular weight is 119 g/mol. The summed E-state index contributed by atoms with van der Waals surface area (Å²) in [6.45, 7) is 4.00. The first kappa shape index (κ1) is 10.0. The summed E-state index contributed by atoms with van der Waals surface area (Å²) in [7, 11) is 0. The van der Waals surface area contributed by atoms with Gasteiger partial charge in [-0.2, -0.15) is 0 Å². The lowest BCUT2D eigenvalue weighted by Gasteiger charge is -1.56. The van der Waals surface area contributed by atoms with Crippen LogP contribution in [0.2, 0.25) is 0 Å². The van der Waals surface area contributed by atoms with Crippen LogP contribution < -0.4 is 0 Å². The van der Waals surface area contributed by atoms with Gasteiger partial charge in [0.25, 0.3) is 5.09 Å². The summed E-state index contributed by atoms with van der Waals surface area (Å²) in [5.41, 5.74) is 0. The first-order chi connectivity index (χ1) is 3.65. The van der Waals surface area contributed by atoms with Gasteiger partial charge in [-0.05, 0) is 13.8 Å². The van der Waals surface area contributed by atoms with Crippen molar-refractivity contribution in [3.63, 3.8) is 0 Å². The maximum Gasteiger partial charge on any atom is 0.291 e. The minimum Gasteiger partial charge on any atom is -0.328 e. The standard InChI is InChI=1S/C4H8.HNO3/c1-3-4-2;2-1(3)4/h3-4H,1-2H3;(H,2,3,4). The molecule has 48 valence electrons. The molecule has 0 aromatic carbocycles. The van der Waals surface area contributed by atoms with E-state index in [0.717, 1.165) is 0 Å². The molecule has 0 aliphatic carbocycles. The minimum atomic E-state index is -1.50. The molecule has 0 radical (unpaired) electrons. The lowest BCUT2D eigenvalue weighted by molar-refractivity contribution is -0.742. The lowest BCUT2D eigenvalue weighted by Crippen LogP contribution is -1.81. The summed E-state index contributed by atoms with van der Waals surface area (Å²) in [5, 5.41) is 13.6. The molecule has 0 aliphatic rings. The second-order valence-corrected chi connectivity index (χ2v) is 0.905. The highest BCUT2D eigenvalue weighted by Crippen LogP contribution is 1.57. The van der Waals surface area contributed by atoms with Crippen molar-refractivity contribution in [3.8, 4) is 0 Å². The van der Waals surface area contributed by atoms with Crippen molar-refractivity contribution in [2.24, 2.45) is 0 Å². The van der Waals surface area contributed by atoms with E-state index in [9.17, 15) is 0 Å². The number of allylic oxidation sites excluding steroid dienone is 2. The largest absolute Gasteiger partial charge is 0.328 e. The van der Waals surface area contributed by atoms with E-state index in [4.69, 9.17) is 15.3 Å². The number of hydrogen-bond donors (Lipinski definition) is 1. The van der Waals surface area contributed by atoms with E-state index in [0.29, 0.717) is 0 Å². The van der Waals surface area contributed by atoms with Gasteiger partial charge in [-0.25, -0.2) is 0 Å². The number of nitrogens with zero attached hydrogens (tertiary/aromatic N) is 1. The van der Waals surface area contributed by atoms with Gasteiger partial charge in [0.15, 0.2) is 0 Å². The third kappa shape index (κ3) is 21300. The summed E-state index contributed by atoms with van der Waals surface area (Å²) in [4.78, 5) is 8.36. The minimum absolute atomic E-state index is 1.50. The van der Waals surface area contributed by atoms with Crippen molar-refractivity contribution in [2.75, 3.05) is 0 Å². The SMILES string of the molecule is CC=CC.O=[N+]([O-])O. The van der Waals surface area contributed by atoms with Crippen LogP contribution in [0.5, 0.6) is 0 Å². The molecule has 0 spiro atoms. The summed E-state index contributed by atoms with van der Waals surface area (Å²) >= 11 is 0. The zero-order valence-corrected chi connectivity index (χ0v) is 4.87. The molecule has 0 bridgehead atoms. The second-order valence-electron chi connectivity index (χ2n) is 0.905. The van der Waals surface area contributed by atoms with Crippen LogP contribution >= 0.6 is 0 Å². The summed E-state index contributed by atoms with van der Waals surface area (Å²) in [6, 6.07) is 0. The Labute approximate surface area is 47.6 Å². The van der Waals surface area contributed by atoms with Crippen LogP contribution in [0.15, 0.2) is 12.2 Å². The van der Waals surface area contributed by atoms with E-state index < -0.39 is 5.09 Å². The van der Waals surface area contributed by atoms with Gasteiger partial charge in [0, 0.05) is 0 Å². The van der Waals surface area contributed by atoms with Gasteiger partial charge < -0.3 is 5.21 Å². The smallest absolute Gasteiger partial charge is 0.291 e. The Bertz CT molecular complexity index is 71.4. The van der Waals surface area contributed by atoms with Crippen molar-refractivity contribution in [1.82, 2.24) is 0 Å².